The third-order valence-corrected chi connectivity index (χ3v) is 10.3. The minimum Gasteiger partial charge on any atom is -0.278 e. The Kier molecular flexibility index (Phi) is 4.48. The Morgan fingerprint density at radius 3 is 1.39 bits per heavy atom. The maximum absolute atomic E-state index is 10.1. The van der Waals surface area contributed by atoms with E-state index in [1.54, 1.807) is 36.4 Å². The summed E-state index contributed by atoms with van der Waals surface area (Å²) in [5.74, 6) is -1.69. The van der Waals surface area contributed by atoms with Crippen LogP contribution < -0.4 is 0 Å². The van der Waals surface area contributed by atoms with Gasteiger partial charge in [0.15, 0.2) is 5.82 Å². The quantitative estimate of drug-likeness (QED) is 0.161. The van der Waals surface area contributed by atoms with E-state index in [2.05, 4.69) is 0 Å². The van der Waals surface area contributed by atoms with Gasteiger partial charge in [-0.15, -0.1) is 0 Å². The smallest absolute Gasteiger partial charge is 0.240 e. The number of para-hydroxylation sites is 2. The molecule has 0 fully saturated rings. The van der Waals surface area contributed by atoms with Gasteiger partial charge in [-0.2, -0.15) is 15.0 Å². The Labute approximate surface area is 392 Å². The van der Waals surface area contributed by atoms with Crippen molar-refractivity contribution in [2.75, 3.05) is 0 Å². The van der Waals surface area contributed by atoms with E-state index in [1.165, 1.54) is 0 Å². The average Bonchev–Trinajstić information content (AvgIpc) is 1.59. The van der Waals surface area contributed by atoms with Crippen molar-refractivity contribution in [1.82, 2.24) is 24.1 Å². The van der Waals surface area contributed by atoms with Gasteiger partial charge in [-0.05, 0) is 74.7 Å². The monoisotopic (exact) mass is 815 g/mol. The SMILES string of the molecule is [2H]c1c([2H])c([2H])c(-c2c([2H])c([2H])c3c4c([2H])c([2H])c(-c5c([2H])c([2H])c([2H])c([2H])c5[2H])c([2H])c4n(-c4nc(-c5ccccc5-c5cccc(-c6ccccc6)c5)nc(-n5c6c([2H])c([2H])c([2H])c([2H])c6c6c([2H])c([2H])c([2H])c([2H])c65)n4)c3c2[2H])c([2H])c1[2H]. The van der Waals surface area contributed by atoms with Crippen molar-refractivity contribution in [1.29, 1.82) is 0 Å². The van der Waals surface area contributed by atoms with E-state index in [4.69, 9.17) is 34.1 Å². The molecule has 12 rings (SSSR count). The number of hydrogen-bond donors (Lipinski definition) is 0. The summed E-state index contributed by atoms with van der Waals surface area (Å²) < 4.78 is 220. The largest absolute Gasteiger partial charge is 0.278 e. The van der Waals surface area contributed by atoms with Crippen LogP contribution in [0.25, 0.3) is 111 Å². The number of hydrogen-bond acceptors (Lipinski definition) is 3. The summed E-state index contributed by atoms with van der Waals surface area (Å²) in [6.45, 7) is 0. The lowest BCUT2D eigenvalue weighted by Crippen LogP contribution is -2.10. The zero-order chi connectivity index (χ0) is 61.9. The number of rotatable bonds is 7. The molecule has 0 spiro atoms. The van der Waals surface area contributed by atoms with Gasteiger partial charge in [-0.25, -0.2) is 0 Å². The maximum atomic E-state index is 10.1. The summed E-state index contributed by atoms with van der Waals surface area (Å²) in [7, 11) is 0. The lowest BCUT2D eigenvalue weighted by atomic mass is 9.95. The van der Waals surface area contributed by atoms with E-state index in [0.29, 0.717) is 11.1 Å². The van der Waals surface area contributed by atoms with Crippen LogP contribution in [-0.2, 0) is 0 Å². The molecular weight excluding hydrogens is 755 g/mol. The highest BCUT2D eigenvalue weighted by atomic mass is 15.3. The highest BCUT2D eigenvalue weighted by Gasteiger charge is 2.22. The Hall–Kier alpha value is -8.41. The molecule has 62 heavy (non-hydrogen) atoms. The van der Waals surface area contributed by atoms with Crippen LogP contribution in [0.2, 0.25) is 0 Å². The molecular formula is C57H37N5. The molecule has 0 amide bonds. The van der Waals surface area contributed by atoms with Crippen LogP contribution >= 0.6 is 0 Å². The summed E-state index contributed by atoms with van der Waals surface area (Å²) in [4.78, 5) is 14.8. The van der Waals surface area contributed by atoms with Crippen LogP contribution in [0.3, 0.4) is 0 Å². The first-order valence-corrected chi connectivity index (χ1v) is 19.0. The molecule has 3 aromatic heterocycles. The highest BCUT2D eigenvalue weighted by Crippen LogP contribution is 2.39. The molecule has 12 aromatic rings. The van der Waals surface area contributed by atoms with Gasteiger partial charge >= 0.3 is 0 Å². The molecule has 0 aliphatic carbocycles. The molecule has 290 valence electrons. The Morgan fingerprint density at radius 1 is 0.323 bits per heavy atom. The van der Waals surface area contributed by atoms with Crippen LogP contribution in [0.1, 0.15) is 32.9 Å². The van der Waals surface area contributed by atoms with Gasteiger partial charge in [-0.3, -0.25) is 9.13 Å². The molecule has 3 heterocycles. The molecule has 0 unspecified atom stereocenters. The van der Waals surface area contributed by atoms with Crippen molar-refractivity contribution < 1.29 is 32.9 Å². The third kappa shape index (κ3) is 5.98. The van der Waals surface area contributed by atoms with E-state index in [1.807, 2.05) is 42.5 Å². The van der Waals surface area contributed by atoms with E-state index >= 15 is 0 Å². The third-order valence-electron chi connectivity index (χ3n) is 10.3. The Bertz CT molecular complexity index is 4780. The van der Waals surface area contributed by atoms with Gasteiger partial charge in [0, 0.05) is 27.1 Å². The van der Waals surface area contributed by atoms with Gasteiger partial charge in [0.1, 0.15) is 0 Å². The van der Waals surface area contributed by atoms with Crippen LogP contribution in [-0.4, -0.2) is 24.1 Å². The van der Waals surface area contributed by atoms with Crippen LogP contribution in [0.4, 0.5) is 0 Å². The van der Waals surface area contributed by atoms with E-state index in [9.17, 15) is 13.7 Å². The fourth-order valence-electron chi connectivity index (χ4n) is 7.52. The minimum absolute atomic E-state index is 0.189. The lowest BCUT2D eigenvalue weighted by molar-refractivity contribution is 0.893. The summed E-state index contributed by atoms with van der Waals surface area (Å²) in [6.07, 6.45) is 0. The zero-order valence-corrected chi connectivity index (χ0v) is 31.7. The molecule has 0 saturated heterocycles. The van der Waals surface area contributed by atoms with Crippen molar-refractivity contribution in [2.24, 2.45) is 0 Å². The first-order chi connectivity index (χ1) is 40.7. The predicted octanol–water partition coefficient (Wildman–Crippen LogP) is 14.4. The summed E-state index contributed by atoms with van der Waals surface area (Å²) in [5, 5.41) is -1.83. The van der Waals surface area contributed by atoms with Crippen molar-refractivity contribution in [3.05, 3.63) is 224 Å². The molecule has 0 N–H and O–H groups in total. The molecule has 5 heteroatoms. The number of fused-ring (bicyclic) bond motifs is 6. The first-order valence-electron chi connectivity index (χ1n) is 31.0. The number of nitrogens with zero attached hydrogens (tertiary/aromatic N) is 5. The average molecular weight is 816 g/mol. The summed E-state index contributed by atoms with van der Waals surface area (Å²) >= 11 is 0. The van der Waals surface area contributed by atoms with Gasteiger partial charge in [0.05, 0.1) is 55.0 Å². The molecule has 9 aromatic carbocycles. The summed E-state index contributed by atoms with van der Waals surface area (Å²) in [5.41, 5.74) is -2.18. The maximum Gasteiger partial charge on any atom is 0.240 e. The van der Waals surface area contributed by atoms with Crippen LogP contribution in [0, 0.1) is 0 Å². The predicted molar refractivity (Wildman–Crippen MR) is 256 cm³/mol. The van der Waals surface area contributed by atoms with Gasteiger partial charge in [-0.1, -0.05) is 194 Å². The standard InChI is InChI=1S/C57H37N5/c1-4-17-38(18-5-1)41-23-16-24-44(35-41)45-25-10-11-28-50(45)55-58-56(61-51-29-14-12-26-46(51)47-27-13-15-30-52(47)61)60-57(59-55)62-53-36-42(39-19-6-2-7-20-39)31-33-48(53)49-34-32-43(37-54(49)62)40-21-8-3-9-22-40/h1-37H/i2D,3D,6D,7D,8D,9D,12D,13D,14D,15D,19D,20D,21D,22D,26D,27D,29D,30D,31D,32D,33D,34D,36D,37D. The second-order valence-electron chi connectivity index (χ2n) is 13.8. The van der Waals surface area contributed by atoms with E-state index in [-0.39, 0.29) is 22.2 Å². The summed E-state index contributed by atoms with van der Waals surface area (Å²) in [6, 6.07) is 3.24. The number of benzene rings is 9. The van der Waals surface area contributed by atoms with Gasteiger partial charge in [0.2, 0.25) is 11.9 Å². The fraction of sp³-hybridized carbons (Fsp3) is 0. The van der Waals surface area contributed by atoms with E-state index < -0.39 is 212 Å². The molecule has 0 atom stereocenters. The van der Waals surface area contributed by atoms with E-state index in [0.717, 1.165) is 20.3 Å². The van der Waals surface area contributed by atoms with Gasteiger partial charge < -0.3 is 0 Å². The molecule has 0 aliphatic heterocycles. The molecule has 5 nitrogen and oxygen atoms in total. The second-order valence-corrected chi connectivity index (χ2v) is 13.8. The van der Waals surface area contributed by atoms with Gasteiger partial charge in [0.25, 0.3) is 0 Å². The lowest BCUT2D eigenvalue weighted by Gasteiger charge is -2.15. The van der Waals surface area contributed by atoms with Crippen LogP contribution in [0.15, 0.2) is 224 Å². The van der Waals surface area contributed by atoms with Crippen molar-refractivity contribution >= 4 is 43.6 Å². The second kappa shape index (κ2) is 14.7. The molecule has 0 bridgehead atoms. The normalized spacial score (nSPS) is 17.0. The minimum atomic E-state index is -0.913. The molecule has 0 saturated carbocycles. The van der Waals surface area contributed by atoms with Crippen molar-refractivity contribution in [3.63, 3.8) is 0 Å². The molecule has 0 radical (unpaired) electrons. The Balaban J connectivity index is 1.34. The Morgan fingerprint density at radius 2 is 0.790 bits per heavy atom. The zero-order valence-electron chi connectivity index (χ0n) is 55.7. The molecule has 0 aliphatic rings. The first kappa shape index (κ1) is 18.9. The van der Waals surface area contributed by atoms with Crippen LogP contribution in [0.5, 0.6) is 0 Å². The fourth-order valence-corrected chi connectivity index (χ4v) is 7.52. The number of aromatic nitrogens is 5. The topological polar surface area (TPSA) is 48.5 Å². The van der Waals surface area contributed by atoms with Crippen molar-refractivity contribution in [3.8, 4) is 67.8 Å². The highest BCUT2D eigenvalue weighted by molar-refractivity contribution is 6.11. The van der Waals surface area contributed by atoms with Crippen molar-refractivity contribution in [2.45, 2.75) is 0 Å².